The van der Waals surface area contributed by atoms with Gasteiger partial charge < -0.3 is 9.64 Å². The van der Waals surface area contributed by atoms with Crippen molar-refractivity contribution in [2.45, 2.75) is 18.6 Å². The Kier molecular flexibility index (Phi) is 4.53. The third-order valence-corrected chi connectivity index (χ3v) is 4.93. The number of carbonyl (C=O) groups is 1. The molecule has 1 spiro atoms. The predicted octanol–water partition coefficient (Wildman–Crippen LogP) is 2.75. The molecule has 0 atom stereocenters. The van der Waals surface area contributed by atoms with Crippen molar-refractivity contribution in [3.8, 4) is 5.75 Å². The van der Waals surface area contributed by atoms with Gasteiger partial charge >= 0.3 is 0 Å². The summed E-state index contributed by atoms with van der Waals surface area (Å²) in [4.78, 5) is 24.9. The van der Waals surface area contributed by atoms with Crippen LogP contribution in [0.3, 0.4) is 0 Å². The topological polar surface area (TPSA) is 63.2 Å². The Morgan fingerprint density at radius 1 is 1.22 bits per heavy atom. The lowest BCUT2D eigenvalue weighted by Gasteiger charge is -2.35. The van der Waals surface area contributed by atoms with E-state index in [9.17, 15) is 9.18 Å². The highest BCUT2D eigenvalue weighted by Gasteiger charge is 2.41. The van der Waals surface area contributed by atoms with E-state index in [-0.39, 0.29) is 11.7 Å². The molecule has 6 nitrogen and oxygen atoms in total. The summed E-state index contributed by atoms with van der Waals surface area (Å²) in [7, 11) is 1.39. The van der Waals surface area contributed by atoms with Gasteiger partial charge in [0, 0.05) is 37.1 Å². The minimum Gasteiger partial charge on any atom is -0.494 e. The van der Waals surface area contributed by atoms with Crippen LogP contribution < -0.4 is 10.2 Å². The van der Waals surface area contributed by atoms with Gasteiger partial charge in [-0.3, -0.25) is 4.79 Å². The molecular weight excluding hydrogens is 349 g/mol. The first-order valence-electron chi connectivity index (χ1n) is 8.82. The molecule has 2 aromatic carbocycles. The molecule has 0 bridgehead atoms. The number of piperidine rings is 1. The molecule has 0 radical (unpaired) electrons. The minimum absolute atomic E-state index is 0.123. The molecule has 0 unspecified atom stereocenters. The highest BCUT2D eigenvalue weighted by molar-refractivity contribution is 5.99. The molecule has 0 aliphatic carbocycles. The van der Waals surface area contributed by atoms with E-state index >= 15 is 0 Å². The molecule has 0 aromatic heterocycles. The normalized spacial score (nSPS) is 18.1. The summed E-state index contributed by atoms with van der Waals surface area (Å²) in [5.74, 6) is 0.0758. The molecule has 1 fully saturated rings. The summed E-state index contributed by atoms with van der Waals surface area (Å²) in [6.07, 6.45) is 1.14. The zero-order chi connectivity index (χ0) is 18.9. The van der Waals surface area contributed by atoms with Crippen LogP contribution in [0.2, 0.25) is 0 Å². The minimum atomic E-state index is -0.660. The number of ether oxygens (including phenoxy) is 1. The number of carbonyl (C=O) groups excluding carboxylic acids is 1. The number of hydrogen-bond acceptors (Lipinski definition) is 5. The Balaban J connectivity index is 1.44. The third kappa shape index (κ3) is 3.38. The number of rotatable bonds is 3. The number of amides is 1. The Hall–Kier alpha value is -2.93. The number of aliphatic imine (C=N–C) groups is 1. The molecular formula is C20H20FN3O3. The number of amidine groups is 1. The smallest absolute Gasteiger partial charge is 0.253 e. The number of hydroxylamine groups is 1. The summed E-state index contributed by atoms with van der Waals surface area (Å²) >= 11 is 0. The molecule has 2 heterocycles. The van der Waals surface area contributed by atoms with E-state index in [0.29, 0.717) is 37.3 Å². The second-order valence-corrected chi connectivity index (χ2v) is 6.62. The van der Waals surface area contributed by atoms with Crippen molar-refractivity contribution in [2.75, 3.05) is 20.2 Å². The maximum atomic E-state index is 13.9. The number of likely N-dealkylation sites (tertiary alicyclic amines) is 1. The van der Waals surface area contributed by atoms with Crippen molar-refractivity contribution < 1.29 is 18.8 Å². The molecule has 1 saturated heterocycles. The Morgan fingerprint density at radius 3 is 2.63 bits per heavy atom. The SMILES string of the molecule is COc1ccc(C(=O)N2CCC3(CC2)N=C(c2ccccc2)NO3)cc1F. The fraction of sp³-hybridized carbons (Fsp3) is 0.300. The number of halogens is 1. The maximum absolute atomic E-state index is 13.9. The third-order valence-electron chi connectivity index (χ3n) is 4.93. The standard InChI is InChI=1S/C20H20FN3O3/c1-26-17-8-7-15(13-16(17)21)19(25)24-11-9-20(10-12-24)22-18(23-27-20)14-5-3-2-4-6-14/h2-8,13H,9-12H2,1H3,(H,22,23). The van der Waals surface area contributed by atoms with E-state index in [1.165, 1.54) is 19.2 Å². The second kappa shape index (κ2) is 7.00. The molecule has 7 heteroatoms. The van der Waals surface area contributed by atoms with Crippen molar-refractivity contribution in [3.63, 3.8) is 0 Å². The van der Waals surface area contributed by atoms with E-state index in [2.05, 4.69) is 5.48 Å². The molecule has 27 heavy (non-hydrogen) atoms. The summed E-state index contributed by atoms with van der Waals surface area (Å²) in [6.45, 7) is 0.972. The van der Waals surface area contributed by atoms with Crippen LogP contribution >= 0.6 is 0 Å². The van der Waals surface area contributed by atoms with Gasteiger partial charge in [-0.25, -0.2) is 19.7 Å². The summed E-state index contributed by atoms with van der Waals surface area (Å²) in [5, 5.41) is 0. The van der Waals surface area contributed by atoms with Gasteiger partial charge in [-0.05, 0) is 18.2 Å². The fourth-order valence-corrected chi connectivity index (χ4v) is 3.37. The van der Waals surface area contributed by atoms with Crippen molar-refractivity contribution in [1.29, 1.82) is 0 Å². The number of hydrogen-bond donors (Lipinski definition) is 1. The van der Waals surface area contributed by atoms with Gasteiger partial charge in [0.2, 0.25) is 0 Å². The molecule has 140 valence electrons. The first-order valence-corrected chi connectivity index (χ1v) is 8.82. The van der Waals surface area contributed by atoms with Crippen LogP contribution in [0.25, 0.3) is 0 Å². The molecule has 2 aromatic rings. The van der Waals surface area contributed by atoms with E-state index in [1.807, 2.05) is 30.3 Å². The molecule has 1 amide bonds. The van der Waals surface area contributed by atoms with Gasteiger partial charge in [-0.2, -0.15) is 0 Å². The first-order chi connectivity index (χ1) is 13.1. The van der Waals surface area contributed by atoms with Gasteiger partial charge in [-0.1, -0.05) is 30.3 Å². The molecule has 2 aliphatic heterocycles. The Bertz CT molecular complexity index is 877. The zero-order valence-corrected chi connectivity index (χ0v) is 14.9. The zero-order valence-electron chi connectivity index (χ0n) is 14.9. The lowest BCUT2D eigenvalue weighted by atomic mass is 10.00. The van der Waals surface area contributed by atoms with Gasteiger partial charge in [0.1, 0.15) is 0 Å². The first kappa shape index (κ1) is 17.5. The lowest BCUT2D eigenvalue weighted by molar-refractivity contribution is -0.0849. The Morgan fingerprint density at radius 2 is 1.96 bits per heavy atom. The Labute approximate surface area is 156 Å². The van der Waals surface area contributed by atoms with Crippen molar-refractivity contribution in [1.82, 2.24) is 10.4 Å². The van der Waals surface area contributed by atoms with Crippen LogP contribution in [0.4, 0.5) is 4.39 Å². The fourth-order valence-electron chi connectivity index (χ4n) is 3.37. The highest BCUT2D eigenvalue weighted by Crippen LogP contribution is 2.32. The van der Waals surface area contributed by atoms with Crippen LogP contribution in [0.5, 0.6) is 5.75 Å². The van der Waals surface area contributed by atoms with Crippen LogP contribution in [0.15, 0.2) is 53.5 Å². The average Bonchev–Trinajstić information content (AvgIpc) is 3.12. The maximum Gasteiger partial charge on any atom is 0.253 e. The van der Waals surface area contributed by atoms with E-state index in [0.717, 1.165) is 5.56 Å². The van der Waals surface area contributed by atoms with Gasteiger partial charge in [0.15, 0.2) is 23.1 Å². The molecule has 2 aliphatic rings. The van der Waals surface area contributed by atoms with E-state index in [1.54, 1.807) is 11.0 Å². The van der Waals surface area contributed by atoms with E-state index in [4.69, 9.17) is 14.6 Å². The van der Waals surface area contributed by atoms with Crippen LogP contribution in [0.1, 0.15) is 28.8 Å². The average molecular weight is 369 g/mol. The van der Waals surface area contributed by atoms with Crippen molar-refractivity contribution >= 4 is 11.7 Å². The van der Waals surface area contributed by atoms with Crippen molar-refractivity contribution in [3.05, 3.63) is 65.5 Å². The number of methoxy groups -OCH3 is 1. The lowest BCUT2D eigenvalue weighted by Crippen LogP contribution is -2.46. The largest absolute Gasteiger partial charge is 0.494 e. The summed E-state index contributed by atoms with van der Waals surface area (Å²) in [5.41, 5.74) is 3.52. The quantitative estimate of drug-likeness (QED) is 0.904. The number of nitrogens with one attached hydrogen (secondary N) is 1. The highest BCUT2D eigenvalue weighted by atomic mass is 19.1. The summed E-state index contributed by atoms with van der Waals surface area (Å²) < 4.78 is 18.8. The molecule has 4 rings (SSSR count). The van der Waals surface area contributed by atoms with Gasteiger partial charge in [0.05, 0.1) is 7.11 Å². The second-order valence-electron chi connectivity index (χ2n) is 6.62. The number of benzene rings is 2. The van der Waals surface area contributed by atoms with Crippen LogP contribution in [-0.4, -0.2) is 42.6 Å². The molecule has 0 saturated carbocycles. The summed E-state index contributed by atoms with van der Waals surface area (Å²) in [6, 6.07) is 14.0. The van der Waals surface area contributed by atoms with Gasteiger partial charge in [0.25, 0.3) is 5.91 Å². The predicted molar refractivity (Wildman–Crippen MR) is 98.0 cm³/mol. The number of nitrogens with zero attached hydrogens (tertiary/aromatic N) is 2. The van der Waals surface area contributed by atoms with Gasteiger partial charge in [-0.15, -0.1) is 0 Å². The van der Waals surface area contributed by atoms with E-state index < -0.39 is 11.5 Å². The monoisotopic (exact) mass is 369 g/mol. The van der Waals surface area contributed by atoms with Crippen LogP contribution in [0, 0.1) is 5.82 Å². The van der Waals surface area contributed by atoms with Crippen molar-refractivity contribution in [2.24, 2.45) is 4.99 Å². The molecule has 1 N–H and O–H groups in total. The van der Waals surface area contributed by atoms with Crippen LogP contribution in [-0.2, 0) is 4.84 Å².